The van der Waals surface area contributed by atoms with E-state index < -0.39 is 6.17 Å². The standard InChI is InChI=1S/C10H13N3O/c1-2-9(12)13-10(14)7-5-3-4-6-8(7)11/h2-6,9H,1,11-12H2,(H,13,14). The second-order valence-electron chi connectivity index (χ2n) is 2.82. The number of carbonyl (C=O) groups is 1. The molecule has 4 heteroatoms. The van der Waals surface area contributed by atoms with Crippen molar-refractivity contribution in [3.05, 3.63) is 42.5 Å². The summed E-state index contributed by atoms with van der Waals surface area (Å²) in [5.41, 5.74) is 11.9. The van der Waals surface area contributed by atoms with Crippen LogP contribution in [0.5, 0.6) is 0 Å². The number of para-hydroxylation sites is 1. The van der Waals surface area contributed by atoms with E-state index in [2.05, 4.69) is 11.9 Å². The van der Waals surface area contributed by atoms with Crippen LogP contribution in [0.3, 0.4) is 0 Å². The van der Waals surface area contributed by atoms with Crippen molar-refractivity contribution in [1.82, 2.24) is 5.32 Å². The molecule has 0 aromatic heterocycles. The number of nitrogens with one attached hydrogen (secondary N) is 1. The molecule has 0 bridgehead atoms. The Hall–Kier alpha value is -1.81. The molecular formula is C10H13N3O. The van der Waals surface area contributed by atoms with Crippen LogP contribution in [0.2, 0.25) is 0 Å². The molecule has 1 aromatic rings. The Balaban J connectivity index is 2.80. The molecule has 0 radical (unpaired) electrons. The molecule has 1 amide bonds. The van der Waals surface area contributed by atoms with E-state index in [-0.39, 0.29) is 5.91 Å². The van der Waals surface area contributed by atoms with Crippen LogP contribution in [0.1, 0.15) is 10.4 Å². The zero-order valence-electron chi connectivity index (χ0n) is 7.73. The van der Waals surface area contributed by atoms with Gasteiger partial charge in [-0.25, -0.2) is 0 Å². The highest BCUT2D eigenvalue weighted by Crippen LogP contribution is 2.09. The Bertz CT molecular complexity index is 349. The summed E-state index contributed by atoms with van der Waals surface area (Å²) in [6, 6.07) is 6.80. The molecule has 1 rings (SSSR count). The van der Waals surface area contributed by atoms with Crippen molar-refractivity contribution < 1.29 is 4.79 Å². The van der Waals surface area contributed by atoms with Crippen LogP contribution >= 0.6 is 0 Å². The fraction of sp³-hybridized carbons (Fsp3) is 0.100. The van der Waals surface area contributed by atoms with Crippen molar-refractivity contribution in [2.45, 2.75) is 6.17 Å². The van der Waals surface area contributed by atoms with Gasteiger partial charge in [0.15, 0.2) is 0 Å². The molecule has 0 aliphatic heterocycles. The van der Waals surface area contributed by atoms with Crippen molar-refractivity contribution in [3.63, 3.8) is 0 Å². The lowest BCUT2D eigenvalue weighted by atomic mass is 10.1. The van der Waals surface area contributed by atoms with Gasteiger partial charge in [-0.3, -0.25) is 4.79 Å². The van der Waals surface area contributed by atoms with Gasteiger partial charge in [0.2, 0.25) is 0 Å². The van der Waals surface area contributed by atoms with Gasteiger partial charge in [-0.15, -0.1) is 0 Å². The van der Waals surface area contributed by atoms with Crippen molar-refractivity contribution in [3.8, 4) is 0 Å². The number of hydrogen-bond donors (Lipinski definition) is 3. The van der Waals surface area contributed by atoms with Crippen LogP contribution in [0.15, 0.2) is 36.9 Å². The predicted molar refractivity (Wildman–Crippen MR) is 56.5 cm³/mol. The first-order valence-electron chi connectivity index (χ1n) is 4.18. The molecule has 0 saturated carbocycles. The molecule has 1 aromatic carbocycles. The summed E-state index contributed by atoms with van der Waals surface area (Å²) in [6.45, 7) is 3.46. The van der Waals surface area contributed by atoms with Crippen LogP contribution in [0.4, 0.5) is 5.69 Å². The third kappa shape index (κ3) is 2.34. The molecular weight excluding hydrogens is 178 g/mol. The average molecular weight is 191 g/mol. The maximum absolute atomic E-state index is 11.5. The summed E-state index contributed by atoms with van der Waals surface area (Å²) in [7, 11) is 0. The fourth-order valence-electron chi connectivity index (χ4n) is 0.992. The molecule has 4 nitrogen and oxygen atoms in total. The summed E-state index contributed by atoms with van der Waals surface area (Å²) < 4.78 is 0. The van der Waals surface area contributed by atoms with E-state index >= 15 is 0 Å². The van der Waals surface area contributed by atoms with Gasteiger partial charge in [0.05, 0.1) is 11.7 Å². The van der Waals surface area contributed by atoms with E-state index in [9.17, 15) is 4.79 Å². The Labute approximate surface area is 82.6 Å². The topological polar surface area (TPSA) is 81.1 Å². The highest BCUT2D eigenvalue weighted by atomic mass is 16.1. The number of anilines is 1. The van der Waals surface area contributed by atoms with E-state index in [1.165, 1.54) is 6.08 Å². The van der Waals surface area contributed by atoms with Gasteiger partial charge in [-0.2, -0.15) is 0 Å². The van der Waals surface area contributed by atoms with Crippen LogP contribution in [0.25, 0.3) is 0 Å². The van der Waals surface area contributed by atoms with Gasteiger partial charge in [0.1, 0.15) is 0 Å². The van der Waals surface area contributed by atoms with Crippen LogP contribution < -0.4 is 16.8 Å². The van der Waals surface area contributed by atoms with Crippen LogP contribution in [-0.2, 0) is 0 Å². The SMILES string of the molecule is C=CC(N)NC(=O)c1ccccc1N. The van der Waals surface area contributed by atoms with Crippen molar-refractivity contribution in [2.75, 3.05) is 5.73 Å². The van der Waals surface area contributed by atoms with Crippen molar-refractivity contribution >= 4 is 11.6 Å². The fourth-order valence-corrected chi connectivity index (χ4v) is 0.992. The number of nitrogens with two attached hydrogens (primary N) is 2. The highest BCUT2D eigenvalue weighted by molar-refractivity contribution is 5.99. The van der Waals surface area contributed by atoms with Gasteiger partial charge in [0, 0.05) is 5.69 Å². The second-order valence-corrected chi connectivity index (χ2v) is 2.82. The van der Waals surface area contributed by atoms with Crippen molar-refractivity contribution in [1.29, 1.82) is 0 Å². The first-order chi connectivity index (χ1) is 6.65. The van der Waals surface area contributed by atoms with E-state index in [1.54, 1.807) is 24.3 Å². The lowest BCUT2D eigenvalue weighted by Gasteiger charge is -2.10. The van der Waals surface area contributed by atoms with Crippen LogP contribution in [0, 0.1) is 0 Å². The number of carbonyl (C=O) groups excluding carboxylic acids is 1. The quantitative estimate of drug-likeness (QED) is 0.369. The third-order valence-electron chi connectivity index (χ3n) is 1.76. The number of nitrogen functional groups attached to an aromatic ring is 1. The monoisotopic (exact) mass is 191 g/mol. The Morgan fingerprint density at radius 3 is 2.71 bits per heavy atom. The lowest BCUT2D eigenvalue weighted by molar-refractivity contribution is 0.0946. The summed E-state index contributed by atoms with van der Waals surface area (Å²) >= 11 is 0. The largest absolute Gasteiger partial charge is 0.398 e. The van der Waals surface area contributed by atoms with E-state index in [1.807, 2.05) is 0 Å². The zero-order chi connectivity index (χ0) is 10.6. The normalized spacial score (nSPS) is 11.8. The molecule has 1 atom stereocenters. The number of hydrogen-bond acceptors (Lipinski definition) is 3. The Morgan fingerprint density at radius 1 is 1.50 bits per heavy atom. The number of benzene rings is 1. The maximum atomic E-state index is 11.5. The minimum absolute atomic E-state index is 0.296. The first-order valence-corrected chi connectivity index (χ1v) is 4.18. The minimum Gasteiger partial charge on any atom is -0.398 e. The Kier molecular flexibility index (Phi) is 3.25. The highest BCUT2D eigenvalue weighted by Gasteiger charge is 2.09. The van der Waals surface area contributed by atoms with Gasteiger partial charge in [-0.05, 0) is 12.1 Å². The van der Waals surface area contributed by atoms with E-state index in [0.717, 1.165) is 0 Å². The summed E-state index contributed by atoms with van der Waals surface area (Å²) in [5, 5.41) is 2.53. The molecule has 1 unspecified atom stereocenters. The zero-order valence-corrected chi connectivity index (χ0v) is 7.73. The number of rotatable bonds is 3. The molecule has 74 valence electrons. The minimum atomic E-state index is -0.554. The molecule has 5 N–H and O–H groups in total. The summed E-state index contributed by atoms with van der Waals surface area (Å²) in [6.07, 6.45) is 0.888. The van der Waals surface area contributed by atoms with Gasteiger partial charge < -0.3 is 16.8 Å². The van der Waals surface area contributed by atoms with Gasteiger partial charge >= 0.3 is 0 Å². The first kappa shape index (κ1) is 10.3. The van der Waals surface area contributed by atoms with E-state index in [0.29, 0.717) is 11.3 Å². The van der Waals surface area contributed by atoms with Crippen molar-refractivity contribution in [2.24, 2.45) is 5.73 Å². The second kappa shape index (κ2) is 4.43. The number of amides is 1. The molecule has 0 aliphatic carbocycles. The molecule has 0 aliphatic rings. The third-order valence-corrected chi connectivity index (χ3v) is 1.76. The Morgan fingerprint density at radius 2 is 2.14 bits per heavy atom. The average Bonchev–Trinajstić information content (AvgIpc) is 2.18. The molecule has 0 heterocycles. The van der Waals surface area contributed by atoms with E-state index in [4.69, 9.17) is 11.5 Å². The smallest absolute Gasteiger partial charge is 0.254 e. The predicted octanol–water partition coefficient (Wildman–Crippen LogP) is 0.469. The molecule has 14 heavy (non-hydrogen) atoms. The summed E-state index contributed by atoms with van der Waals surface area (Å²) in [4.78, 5) is 11.5. The lowest BCUT2D eigenvalue weighted by Crippen LogP contribution is -2.39. The molecule has 0 saturated heterocycles. The van der Waals surface area contributed by atoms with Gasteiger partial charge in [0.25, 0.3) is 5.91 Å². The molecule has 0 spiro atoms. The molecule has 0 fully saturated rings. The van der Waals surface area contributed by atoms with Crippen LogP contribution in [-0.4, -0.2) is 12.1 Å². The summed E-state index contributed by atoms with van der Waals surface area (Å²) in [5.74, 6) is -0.296. The van der Waals surface area contributed by atoms with Gasteiger partial charge in [-0.1, -0.05) is 24.8 Å². The maximum Gasteiger partial charge on any atom is 0.254 e.